The molecule has 5 nitrogen and oxygen atoms in total. The van der Waals surface area contributed by atoms with Gasteiger partial charge in [0.15, 0.2) is 0 Å². The summed E-state index contributed by atoms with van der Waals surface area (Å²) in [5.41, 5.74) is -0.448. The summed E-state index contributed by atoms with van der Waals surface area (Å²) in [7, 11) is 1.69. The summed E-state index contributed by atoms with van der Waals surface area (Å²) in [6, 6.07) is 9.67. The van der Waals surface area contributed by atoms with E-state index in [0.717, 1.165) is 25.1 Å². The smallest absolute Gasteiger partial charge is 0.248 e. The Morgan fingerprint density at radius 3 is 2.77 bits per heavy atom. The minimum Gasteiger partial charge on any atom is -0.491 e. The fourth-order valence-electron chi connectivity index (χ4n) is 2.67. The van der Waals surface area contributed by atoms with Gasteiger partial charge in [0.2, 0.25) is 5.91 Å². The van der Waals surface area contributed by atoms with Gasteiger partial charge in [0.05, 0.1) is 6.54 Å². The first-order valence-corrected chi connectivity index (χ1v) is 7.77. The third kappa shape index (κ3) is 4.45. The first kappa shape index (κ1) is 16.8. The molecule has 5 heteroatoms. The van der Waals surface area contributed by atoms with Crippen molar-refractivity contribution in [2.75, 3.05) is 40.0 Å². The van der Waals surface area contributed by atoms with Crippen LogP contribution in [-0.4, -0.2) is 56.4 Å². The van der Waals surface area contributed by atoms with Crippen molar-refractivity contribution in [1.29, 1.82) is 0 Å². The van der Waals surface area contributed by atoms with Crippen molar-refractivity contribution in [3.63, 3.8) is 0 Å². The van der Waals surface area contributed by atoms with Crippen LogP contribution in [0, 0.1) is 0 Å². The standard InChI is InChI=1S/C17H25NO4/c1-3-21-12-16(19)18-11-7-10-17(13-18,20-2)14-22-15-8-5-4-6-9-15/h4-6,8-9H,3,7,10-14H2,1-2H3. The van der Waals surface area contributed by atoms with Gasteiger partial charge in [0.1, 0.15) is 24.6 Å². The van der Waals surface area contributed by atoms with Gasteiger partial charge in [0, 0.05) is 20.3 Å². The first-order valence-electron chi connectivity index (χ1n) is 7.77. The lowest BCUT2D eigenvalue weighted by Crippen LogP contribution is -2.55. The highest BCUT2D eigenvalue weighted by atomic mass is 16.5. The van der Waals surface area contributed by atoms with E-state index in [1.54, 1.807) is 7.11 Å². The van der Waals surface area contributed by atoms with E-state index < -0.39 is 5.60 Å². The van der Waals surface area contributed by atoms with Gasteiger partial charge in [-0.2, -0.15) is 0 Å². The number of rotatable bonds is 7. The van der Waals surface area contributed by atoms with Gasteiger partial charge in [-0.3, -0.25) is 4.79 Å². The molecule has 1 fully saturated rings. The summed E-state index contributed by atoms with van der Waals surface area (Å²) in [6.07, 6.45) is 1.79. The SMILES string of the molecule is CCOCC(=O)N1CCCC(COc2ccccc2)(OC)C1. The van der Waals surface area contributed by atoms with Gasteiger partial charge in [0.25, 0.3) is 0 Å². The Morgan fingerprint density at radius 2 is 2.09 bits per heavy atom. The summed E-state index contributed by atoms with van der Waals surface area (Å²) in [5.74, 6) is 0.833. The molecule has 2 rings (SSSR count). The molecule has 0 spiro atoms. The Hall–Kier alpha value is -1.59. The summed E-state index contributed by atoms with van der Waals surface area (Å²) in [5, 5.41) is 0. The molecule has 22 heavy (non-hydrogen) atoms. The van der Waals surface area contributed by atoms with Gasteiger partial charge in [-0.15, -0.1) is 0 Å². The fraction of sp³-hybridized carbons (Fsp3) is 0.588. The van der Waals surface area contributed by atoms with E-state index in [2.05, 4.69) is 0 Å². The maximum absolute atomic E-state index is 12.1. The zero-order valence-corrected chi connectivity index (χ0v) is 13.4. The second-order valence-corrected chi connectivity index (χ2v) is 5.54. The second-order valence-electron chi connectivity index (χ2n) is 5.54. The molecule has 1 amide bonds. The van der Waals surface area contributed by atoms with Crippen LogP contribution >= 0.6 is 0 Å². The number of likely N-dealkylation sites (tertiary alicyclic amines) is 1. The number of benzene rings is 1. The normalized spacial score (nSPS) is 21.6. The predicted octanol–water partition coefficient (Wildman–Crippen LogP) is 2.11. The van der Waals surface area contributed by atoms with Crippen molar-refractivity contribution < 1.29 is 19.0 Å². The zero-order valence-electron chi connectivity index (χ0n) is 13.4. The number of amides is 1. The van der Waals surface area contributed by atoms with Crippen molar-refractivity contribution in [3.05, 3.63) is 30.3 Å². The number of hydrogen-bond acceptors (Lipinski definition) is 4. The van der Waals surface area contributed by atoms with Crippen LogP contribution in [0.15, 0.2) is 30.3 Å². The van der Waals surface area contributed by atoms with Crippen LogP contribution in [-0.2, 0) is 14.3 Å². The minimum atomic E-state index is -0.448. The number of hydrogen-bond donors (Lipinski definition) is 0. The van der Waals surface area contributed by atoms with Crippen molar-refractivity contribution in [1.82, 2.24) is 4.90 Å². The number of methoxy groups -OCH3 is 1. The molecule has 0 aliphatic carbocycles. The highest BCUT2D eigenvalue weighted by Gasteiger charge is 2.38. The quantitative estimate of drug-likeness (QED) is 0.774. The van der Waals surface area contributed by atoms with Gasteiger partial charge in [-0.25, -0.2) is 0 Å². The average molecular weight is 307 g/mol. The molecular formula is C17H25NO4. The maximum atomic E-state index is 12.1. The van der Waals surface area contributed by atoms with Gasteiger partial charge < -0.3 is 19.1 Å². The van der Waals surface area contributed by atoms with E-state index in [9.17, 15) is 4.79 Å². The number of nitrogens with zero attached hydrogens (tertiary/aromatic N) is 1. The largest absolute Gasteiger partial charge is 0.491 e. The van der Waals surface area contributed by atoms with E-state index in [1.165, 1.54) is 0 Å². The van der Waals surface area contributed by atoms with Crippen molar-refractivity contribution >= 4 is 5.91 Å². The number of ether oxygens (including phenoxy) is 3. The van der Waals surface area contributed by atoms with E-state index in [-0.39, 0.29) is 12.5 Å². The highest BCUT2D eigenvalue weighted by Crippen LogP contribution is 2.26. The highest BCUT2D eigenvalue weighted by molar-refractivity contribution is 5.77. The van der Waals surface area contributed by atoms with Gasteiger partial charge >= 0.3 is 0 Å². The molecule has 1 unspecified atom stereocenters. The summed E-state index contributed by atoms with van der Waals surface area (Å²) < 4.78 is 16.8. The lowest BCUT2D eigenvalue weighted by molar-refractivity contribution is -0.147. The fourth-order valence-corrected chi connectivity index (χ4v) is 2.67. The summed E-state index contributed by atoms with van der Waals surface area (Å²) in [6.45, 7) is 4.30. The summed E-state index contributed by atoms with van der Waals surface area (Å²) in [4.78, 5) is 14.0. The second kappa shape index (κ2) is 8.15. The maximum Gasteiger partial charge on any atom is 0.248 e. The van der Waals surface area contributed by atoms with Crippen LogP contribution < -0.4 is 4.74 Å². The van der Waals surface area contributed by atoms with E-state index in [1.807, 2.05) is 42.2 Å². The first-order chi connectivity index (χ1) is 10.7. The molecule has 1 atom stereocenters. The number of para-hydroxylation sites is 1. The molecule has 0 radical (unpaired) electrons. The van der Waals surface area contributed by atoms with Crippen molar-refractivity contribution in [2.24, 2.45) is 0 Å². The molecule has 122 valence electrons. The van der Waals surface area contributed by atoms with Gasteiger partial charge in [-0.1, -0.05) is 18.2 Å². The molecule has 0 bridgehead atoms. The molecule has 1 aliphatic rings. The molecule has 1 saturated heterocycles. The third-order valence-electron chi connectivity index (χ3n) is 4.00. The lowest BCUT2D eigenvalue weighted by atomic mass is 9.93. The molecule has 0 saturated carbocycles. The minimum absolute atomic E-state index is 0.0164. The predicted molar refractivity (Wildman–Crippen MR) is 84.0 cm³/mol. The number of carbonyl (C=O) groups is 1. The van der Waals surface area contributed by atoms with Crippen molar-refractivity contribution in [3.8, 4) is 5.75 Å². The van der Waals surface area contributed by atoms with Crippen LogP contribution in [0.1, 0.15) is 19.8 Å². The third-order valence-corrected chi connectivity index (χ3v) is 4.00. The van der Waals surface area contributed by atoms with Crippen LogP contribution in [0.4, 0.5) is 0 Å². The Balaban J connectivity index is 1.94. The summed E-state index contributed by atoms with van der Waals surface area (Å²) >= 11 is 0. The molecule has 1 heterocycles. The van der Waals surface area contributed by atoms with E-state index in [4.69, 9.17) is 14.2 Å². The Labute approximate surface area is 132 Å². The van der Waals surface area contributed by atoms with Crippen LogP contribution in [0.2, 0.25) is 0 Å². The van der Waals surface area contributed by atoms with Crippen LogP contribution in [0.25, 0.3) is 0 Å². The zero-order chi connectivity index (χ0) is 15.8. The topological polar surface area (TPSA) is 48.0 Å². The Morgan fingerprint density at radius 1 is 1.32 bits per heavy atom. The number of piperidine rings is 1. The van der Waals surface area contributed by atoms with Gasteiger partial charge in [-0.05, 0) is 31.9 Å². The van der Waals surface area contributed by atoms with Crippen LogP contribution in [0.5, 0.6) is 5.75 Å². The average Bonchev–Trinajstić information content (AvgIpc) is 2.59. The molecular weight excluding hydrogens is 282 g/mol. The molecule has 0 aromatic heterocycles. The molecule has 1 aromatic rings. The van der Waals surface area contributed by atoms with Crippen molar-refractivity contribution in [2.45, 2.75) is 25.4 Å². The Kier molecular flexibility index (Phi) is 6.21. The van der Waals surface area contributed by atoms with Crippen LogP contribution in [0.3, 0.4) is 0 Å². The Bertz CT molecular complexity index is 465. The molecule has 1 aromatic carbocycles. The van der Waals surface area contributed by atoms with E-state index in [0.29, 0.717) is 19.8 Å². The lowest BCUT2D eigenvalue weighted by Gasteiger charge is -2.41. The molecule has 1 aliphatic heterocycles. The number of carbonyl (C=O) groups excluding carboxylic acids is 1. The van der Waals surface area contributed by atoms with E-state index >= 15 is 0 Å². The monoisotopic (exact) mass is 307 g/mol. The molecule has 0 N–H and O–H groups in total.